The zero-order valence-corrected chi connectivity index (χ0v) is 13.5. The number of rotatable bonds is 6. The van der Waals surface area contributed by atoms with Crippen LogP contribution in [0.4, 0.5) is 5.69 Å². The van der Waals surface area contributed by atoms with Gasteiger partial charge >= 0.3 is 0 Å². The molecule has 1 unspecified atom stereocenters. The van der Waals surface area contributed by atoms with Gasteiger partial charge in [0.1, 0.15) is 0 Å². The van der Waals surface area contributed by atoms with Crippen LogP contribution in [0.3, 0.4) is 0 Å². The number of aryl methyl sites for hydroxylation is 2. The topological polar surface area (TPSA) is 43.1 Å². The van der Waals surface area contributed by atoms with E-state index in [9.17, 15) is 10.1 Å². The second-order valence-corrected chi connectivity index (χ2v) is 6.45. The zero-order chi connectivity index (χ0) is 15.2. The highest BCUT2D eigenvalue weighted by Gasteiger charge is 2.15. The SMILES string of the molecule is Cc1ccccc1CCC(Br)Cc1ccccc1[N+](=O)[O-]. The molecule has 110 valence electrons. The molecule has 1 atom stereocenters. The normalized spacial score (nSPS) is 12.1. The van der Waals surface area contributed by atoms with E-state index in [0.717, 1.165) is 18.4 Å². The average molecular weight is 348 g/mol. The third-order valence-electron chi connectivity index (χ3n) is 3.62. The number of alkyl halides is 1. The van der Waals surface area contributed by atoms with E-state index >= 15 is 0 Å². The Balaban J connectivity index is 1.98. The van der Waals surface area contributed by atoms with Gasteiger partial charge in [0.05, 0.1) is 4.92 Å². The molecule has 3 nitrogen and oxygen atoms in total. The van der Waals surface area contributed by atoms with Crippen LogP contribution in [0.2, 0.25) is 0 Å². The van der Waals surface area contributed by atoms with Crippen molar-refractivity contribution in [3.63, 3.8) is 0 Å². The lowest BCUT2D eigenvalue weighted by Gasteiger charge is -2.11. The minimum absolute atomic E-state index is 0.206. The summed E-state index contributed by atoms with van der Waals surface area (Å²) in [5.41, 5.74) is 3.62. The fraction of sp³-hybridized carbons (Fsp3) is 0.294. The quantitative estimate of drug-likeness (QED) is 0.426. The summed E-state index contributed by atoms with van der Waals surface area (Å²) >= 11 is 3.66. The van der Waals surface area contributed by atoms with Crippen molar-refractivity contribution in [2.75, 3.05) is 0 Å². The van der Waals surface area contributed by atoms with Crippen molar-refractivity contribution in [2.45, 2.75) is 31.0 Å². The maximum absolute atomic E-state index is 11.0. The molecule has 0 fully saturated rings. The van der Waals surface area contributed by atoms with Crippen molar-refractivity contribution in [3.8, 4) is 0 Å². The molecule has 0 bridgehead atoms. The lowest BCUT2D eigenvalue weighted by Crippen LogP contribution is -2.07. The second-order valence-electron chi connectivity index (χ2n) is 5.15. The van der Waals surface area contributed by atoms with Crippen molar-refractivity contribution in [1.82, 2.24) is 0 Å². The Kier molecular flexibility index (Phi) is 5.51. The zero-order valence-electron chi connectivity index (χ0n) is 12.0. The fourth-order valence-corrected chi connectivity index (χ4v) is 2.98. The lowest BCUT2D eigenvalue weighted by atomic mass is 10.00. The number of benzene rings is 2. The summed E-state index contributed by atoms with van der Waals surface area (Å²) in [6.45, 7) is 2.11. The number of nitrogens with zero attached hydrogens (tertiary/aromatic N) is 1. The van der Waals surface area contributed by atoms with Gasteiger partial charge in [-0.05, 0) is 37.3 Å². The molecule has 0 saturated heterocycles. The molecular weight excluding hydrogens is 330 g/mol. The first-order valence-electron chi connectivity index (χ1n) is 6.99. The maximum Gasteiger partial charge on any atom is 0.272 e. The second kappa shape index (κ2) is 7.36. The van der Waals surface area contributed by atoms with Crippen LogP contribution >= 0.6 is 15.9 Å². The first-order valence-corrected chi connectivity index (χ1v) is 7.90. The Morgan fingerprint density at radius 2 is 1.71 bits per heavy atom. The largest absolute Gasteiger partial charge is 0.272 e. The first-order chi connectivity index (χ1) is 10.1. The summed E-state index contributed by atoms with van der Waals surface area (Å²) in [4.78, 5) is 10.9. The van der Waals surface area contributed by atoms with Gasteiger partial charge in [-0.3, -0.25) is 10.1 Å². The Labute approximate surface area is 133 Å². The molecule has 4 heteroatoms. The summed E-state index contributed by atoms with van der Waals surface area (Å²) < 4.78 is 0. The molecule has 0 aliphatic heterocycles. The number of hydrogen-bond acceptors (Lipinski definition) is 2. The standard InChI is InChI=1S/C17H18BrNO2/c1-13-6-2-3-7-14(13)10-11-16(18)12-15-8-4-5-9-17(15)19(20)21/h2-9,16H,10-12H2,1H3. The van der Waals surface area contributed by atoms with Gasteiger partial charge in [0, 0.05) is 16.5 Å². The van der Waals surface area contributed by atoms with E-state index in [0.29, 0.717) is 6.42 Å². The summed E-state index contributed by atoms with van der Waals surface area (Å²) in [5.74, 6) is 0. The number of nitro groups is 1. The highest BCUT2D eigenvalue weighted by molar-refractivity contribution is 9.09. The smallest absolute Gasteiger partial charge is 0.258 e. The third-order valence-corrected chi connectivity index (χ3v) is 4.40. The molecule has 0 saturated carbocycles. The van der Waals surface area contributed by atoms with Crippen LogP contribution in [0.5, 0.6) is 0 Å². The number of para-hydroxylation sites is 1. The lowest BCUT2D eigenvalue weighted by molar-refractivity contribution is -0.385. The Bertz CT molecular complexity index is 628. The summed E-state index contributed by atoms with van der Waals surface area (Å²) in [6.07, 6.45) is 2.60. The average Bonchev–Trinajstić information content (AvgIpc) is 2.47. The minimum atomic E-state index is -0.309. The monoisotopic (exact) mass is 347 g/mol. The van der Waals surface area contributed by atoms with Gasteiger partial charge in [0.2, 0.25) is 0 Å². The van der Waals surface area contributed by atoms with Crippen LogP contribution in [0.25, 0.3) is 0 Å². The molecule has 2 aromatic carbocycles. The predicted molar refractivity (Wildman–Crippen MR) is 89.0 cm³/mol. The van der Waals surface area contributed by atoms with E-state index < -0.39 is 0 Å². The highest BCUT2D eigenvalue weighted by atomic mass is 79.9. The van der Waals surface area contributed by atoms with Crippen LogP contribution in [0.15, 0.2) is 48.5 Å². The van der Waals surface area contributed by atoms with Gasteiger partial charge in [-0.2, -0.15) is 0 Å². The van der Waals surface area contributed by atoms with Crippen LogP contribution < -0.4 is 0 Å². The molecule has 0 amide bonds. The van der Waals surface area contributed by atoms with Gasteiger partial charge in [-0.1, -0.05) is 58.4 Å². The van der Waals surface area contributed by atoms with Gasteiger partial charge < -0.3 is 0 Å². The van der Waals surface area contributed by atoms with Crippen LogP contribution in [-0.2, 0) is 12.8 Å². The van der Waals surface area contributed by atoms with Gasteiger partial charge in [0.25, 0.3) is 5.69 Å². The van der Waals surface area contributed by atoms with Gasteiger partial charge in [-0.15, -0.1) is 0 Å². The predicted octanol–water partition coefficient (Wildman–Crippen LogP) is 4.84. The molecule has 2 aromatic rings. The first kappa shape index (κ1) is 15.7. The van der Waals surface area contributed by atoms with Crippen molar-refractivity contribution in [1.29, 1.82) is 0 Å². The molecule has 0 aromatic heterocycles. The van der Waals surface area contributed by atoms with E-state index in [1.54, 1.807) is 12.1 Å². The number of hydrogen-bond donors (Lipinski definition) is 0. The highest BCUT2D eigenvalue weighted by Crippen LogP contribution is 2.24. The Morgan fingerprint density at radius 3 is 2.38 bits per heavy atom. The van der Waals surface area contributed by atoms with Crippen LogP contribution in [-0.4, -0.2) is 9.75 Å². The fourth-order valence-electron chi connectivity index (χ4n) is 2.40. The van der Waals surface area contributed by atoms with Crippen molar-refractivity contribution in [3.05, 3.63) is 75.3 Å². The van der Waals surface area contributed by atoms with Gasteiger partial charge in [-0.25, -0.2) is 0 Å². The molecule has 0 radical (unpaired) electrons. The molecule has 0 aliphatic carbocycles. The summed E-state index contributed by atoms with van der Waals surface area (Å²) in [6, 6.07) is 15.3. The van der Waals surface area contributed by atoms with Crippen molar-refractivity contribution >= 4 is 21.6 Å². The van der Waals surface area contributed by atoms with E-state index in [-0.39, 0.29) is 15.4 Å². The Hall–Kier alpha value is -1.68. The molecular formula is C17H18BrNO2. The molecule has 0 N–H and O–H groups in total. The van der Waals surface area contributed by atoms with Crippen LogP contribution in [0.1, 0.15) is 23.1 Å². The van der Waals surface area contributed by atoms with E-state index in [4.69, 9.17) is 0 Å². The number of nitro benzene ring substituents is 1. The summed E-state index contributed by atoms with van der Waals surface area (Å²) in [7, 11) is 0. The van der Waals surface area contributed by atoms with Gasteiger partial charge in [0.15, 0.2) is 0 Å². The molecule has 0 aliphatic rings. The number of halogens is 1. The third kappa shape index (κ3) is 4.39. The van der Waals surface area contributed by atoms with Crippen molar-refractivity contribution < 1.29 is 4.92 Å². The van der Waals surface area contributed by atoms with E-state index in [1.165, 1.54) is 11.1 Å². The van der Waals surface area contributed by atoms with E-state index in [2.05, 4.69) is 35.0 Å². The molecule has 0 spiro atoms. The summed E-state index contributed by atoms with van der Waals surface area (Å²) in [5, 5.41) is 11.0. The van der Waals surface area contributed by atoms with E-state index in [1.807, 2.05) is 24.3 Å². The maximum atomic E-state index is 11.0. The molecule has 0 heterocycles. The molecule has 2 rings (SSSR count). The Morgan fingerprint density at radius 1 is 1.10 bits per heavy atom. The van der Waals surface area contributed by atoms with Crippen LogP contribution in [0, 0.1) is 17.0 Å². The molecule has 21 heavy (non-hydrogen) atoms. The van der Waals surface area contributed by atoms with Crippen molar-refractivity contribution in [2.24, 2.45) is 0 Å². The minimum Gasteiger partial charge on any atom is -0.258 e.